The van der Waals surface area contributed by atoms with Gasteiger partial charge in [0, 0.05) is 39.3 Å². The highest BCUT2D eigenvalue weighted by atomic mass is 32.2. The highest BCUT2D eigenvalue weighted by Gasteiger charge is 2.22. The van der Waals surface area contributed by atoms with E-state index in [1.54, 1.807) is 6.07 Å². The Balaban J connectivity index is 1.44. The van der Waals surface area contributed by atoms with Gasteiger partial charge in [0.25, 0.3) is 16.0 Å². The lowest BCUT2D eigenvalue weighted by atomic mass is 10.0. The summed E-state index contributed by atoms with van der Waals surface area (Å²) in [4.78, 5) is 29.7. The molecule has 0 saturated carbocycles. The fourth-order valence-corrected chi connectivity index (χ4v) is 5.54. The second kappa shape index (κ2) is 14.8. The molecule has 45 heavy (non-hydrogen) atoms. The summed E-state index contributed by atoms with van der Waals surface area (Å²) in [6, 6.07) is 17.9. The van der Waals surface area contributed by atoms with Crippen LogP contribution in [-0.4, -0.2) is 109 Å². The molecule has 0 aliphatic carbocycles. The lowest BCUT2D eigenvalue weighted by Gasteiger charge is -2.34. The first-order valence-corrected chi connectivity index (χ1v) is 17.6. The average Bonchev–Trinajstić information content (AvgIpc) is 2.97. The van der Waals surface area contributed by atoms with Gasteiger partial charge in [0.2, 0.25) is 0 Å². The number of nitrogens with one attached hydrogen (secondary N) is 1. The van der Waals surface area contributed by atoms with Crippen LogP contribution in [0, 0.1) is 0 Å². The summed E-state index contributed by atoms with van der Waals surface area (Å²) in [5.74, 6) is -2.00. The maximum Gasteiger partial charge on any atom is 0.337 e. The molecular formula is C30H35N3O10S2. The quantitative estimate of drug-likeness (QED) is 0.243. The molecule has 0 bridgehead atoms. The van der Waals surface area contributed by atoms with E-state index in [1.165, 1.54) is 30.3 Å². The van der Waals surface area contributed by atoms with E-state index in [1.807, 2.05) is 30.3 Å². The molecule has 1 aliphatic rings. The third kappa shape index (κ3) is 10.5. The first-order valence-electron chi connectivity index (χ1n) is 14.0. The number of nitrogens with zero attached hydrogens (tertiary/aromatic N) is 2. The van der Waals surface area contributed by atoms with Gasteiger partial charge >= 0.3 is 16.1 Å². The van der Waals surface area contributed by atoms with Gasteiger partial charge < -0.3 is 19.3 Å². The van der Waals surface area contributed by atoms with E-state index in [2.05, 4.69) is 15.1 Å². The average molecular weight is 662 g/mol. The zero-order valence-corrected chi connectivity index (χ0v) is 26.5. The molecule has 15 heteroatoms. The number of aromatic carboxylic acids is 1. The van der Waals surface area contributed by atoms with Gasteiger partial charge in [0.1, 0.15) is 12.4 Å². The Labute approximate surface area is 262 Å². The van der Waals surface area contributed by atoms with Crippen LogP contribution in [0.3, 0.4) is 0 Å². The Morgan fingerprint density at radius 3 is 2.02 bits per heavy atom. The van der Waals surface area contributed by atoms with Gasteiger partial charge in [-0.15, -0.1) is 0 Å². The number of piperazine rings is 1. The number of rotatable bonds is 14. The fourth-order valence-electron chi connectivity index (χ4n) is 4.69. The number of anilines is 1. The van der Waals surface area contributed by atoms with Gasteiger partial charge in [-0.25, -0.2) is 4.79 Å². The van der Waals surface area contributed by atoms with Crippen LogP contribution in [0.4, 0.5) is 5.69 Å². The smallest absolute Gasteiger partial charge is 0.337 e. The summed E-state index contributed by atoms with van der Waals surface area (Å²) in [6.45, 7) is 4.41. The molecule has 3 aromatic carbocycles. The molecule has 4 rings (SSSR count). The number of benzene rings is 3. The van der Waals surface area contributed by atoms with Crippen LogP contribution in [0.1, 0.15) is 20.7 Å². The zero-order valence-electron chi connectivity index (χ0n) is 24.8. The topological polar surface area (TPSA) is 169 Å². The van der Waals surface area contributed by atoms with Crippen molar-refractivity contribution in [2.24, 2.45) is 0 Å². The summed E-state index contributed by atoms with van der Waals surface area (Å²) >= 11 is 0. The monoisotopic (exact) mass is 661 g/mol. The van der Waals surface area contributed by atoms with Crippen LogP contribution in [0.15, 0.2) is 66.7 Å². The second-order valence-corrected chi connectivity index (χ2v) is 13.6. The van der Waals surface area contributed by atoms with Crippen LogP contribution < -0.4 is 14.2 Å². The van der Waals surface area contributed by atoms with E-state index in [-0.39, 0.29) is 41.5 Å². The molecule has 0 atom stereocenters. The van der Waals surface area contributed by atoms with Crippen LogP contribution in [0.25, 0.3) is 11.1 Å². The van der Waals surface area contributed by atoms with E-state index in [0.717, 1.165) is 44.3 Å². The Kier molecular flexibility index (Phi) is 11.2. The van der Waals surface area contributed by atoms with Gasteiger partial charge in [0.05, 0.1) is 35.9 Å². The molecule has 242 valence electrons. The minimum atomic E-state index is -4.00. The third-order valence-corrected chi connectivity index (χ3v) is 7.97. The predicted molar refractivity (Wildman–Crippen MR) is 168 cm³/mol. The molecule has 1 aliphatic heterocycles. The van der Waals surface area contributed by atoms with Crippen molar-refractivity contribution in [3.05, 3.63) is 77.9 Å². The van der Waals surface area contributed by atoms with Crippen molar-refractivity contribution in [3.63, 3.8) is 0 Å². The van der Waals surface area contributed by atoms with Crippen LogP contribution in [0.2, 0.25) is 0 Å². The molecule has 13 nitrogen and oxygen atoms in total. The zero-order chi connectivity index (χ0) is 32.6. The van der Waals surface area contributed by atoms with Crippen molar-refractivity contribution >= 4 is 37.8 Å². The minimum absolute atomic E-state index is 0.0208. The molecule has 0 spiro atoms. The molecule has 1 fully saturated rings. The fraction of sp³-hybridized carbons (Fsp3) is 0.333. The van der Waals surface area contributed by atoms with E-state index < -0.39 is 32.1 Å². The molecule has 3 aromatic rings. The molecule has 0 radical (unpaired) electrons. The SMILES string of the molecule is CS(=O)(=O)OCCN1CCN(CCOc2ccc(OS(C)(=O)=O)c(C(=O)Nc3cc(-c4ccccc4)ccc3C(=O)O)c2)CC1. The van der Waals surface area contributed by atoms with Crippen molar-refractivity contribution in [3.8, 4) is 22.6 Å². The van der Waals surface area contributed by atoms with Gasteiger partial charge in [-0.3, -0.25) is 18.8 Å². The number of hydrogen-bond donors (Lipinski definition) is 2. The van der Waals surface area contributed by atoms with E-state index in [4.69, 9.17) is 13.1 Å². The number of ether oxygens (including phenoxy) is 1. The van der Waals surface area contributed by atoms with Crippen LogP contribution in [0.5, 0.6) is 11.5 Å². The van der Waals surface area contributed by atoms with E-state index in [0.29, 0.717) is 18.7 Å². The minimum Gasteiger partial charge on any atom is -0.492 e. The van der Waals surface area contributed by atoms with Gasteiger partial charge in [-0.05, 0) is 41.5 Å². The van der Waals surface area contributed by atoms with Crippen molar-refractivity contribution in [2.75, 3.05) is 70.3 Å². The third-order valence-electron chi connectivity index (χ3n) is 6.89. The Morgan fingerprint density at radius 1 is 0.778 bits per heavy atom. The number of carboxylic acids is 1. The maximum absolute atomic E-state index is 13.5. The molecular weight excluding hydrogens is 626 g/mol. The first kappa shape index (κ1) is 33.9. The number of carbonyl (C=O) groups excluding carboxylic acids is 1. The molecule has 0 aromatic heterocycles. The van der Waals surface area contributed by atoms with E-state index in [9.17, 15) is 31.5 Å². The van der Waals surface area contributed by atoms with Crippen molar-refractivity contribution in [2.45, 2.75) is 0 Å². The highest BCUT2D eigenvalue weighted by Crippen LogP contribution is 2.30. The number of amides is 1. The number of carboxylic acid groups (broad SMARTS) is 1. The first-order chi connectivity index (χ1) is 21.3. The van der Waals surface area contributed by atoms with Gasteiger partial charge in [-0.2, -0.15) is 16.8 Å². The van der Waals surface area contributed by atoms with Crippen LogP contribution in [-0.2, 0) is 24.4 Å². The lowest BCUT2D eigenvalue weighted by Crippen LogP contribution is -2.48. The van der Waals surface area contributed by atoms with Gasteiger partial charge in [-0.1, -0.05) is 36.4 Å². The standard InChI is InChI=1S/C30H35N3O10S2/c1-44(37,38)42-19-17-33-14-12-32(13-15-33)16-18-41-24-9-11-28(43-45(2,39)40)26(21-24)29(34)31-27-20-23(8-10-25(27)30(35)36)22-6-4-3-5-7-22/h3-11,20-21H,12-19H2,1-2H3,(H,31,34)(H,35,36). The summed E-state index contributed by atoms with van der Waals surface area (Å²) < 4.78 is 61.9. The summed E-state index contributed by atoms with van der Waals surface area (Å²) in [5, 5.41) is 12.3. The predicted octanol–water partition coefficient (Wildman–Crippen LogP) is 2.62. The van der Waals surface area contributed by atoms with Crippen molar-refractivity contribution in [1.29, 1.82) is 0 Å². The molecule has 1 saturated heterocycles. The summed E-state index contributed by atoms with van der Waals surface area (Å²) in [6.07, 6.45) is 1.87. The largest absolute Gasteiger partial charge is 0.492 e. The molecule has 2 N–H and O–H groups in total. The van der Waals surface area contributed by atoms with Crippen LogP contribution >= 0.6 is 0 Å². The van der Waals surface area contributed by atoms with Gasteiger partial charge in [0.15, 0.2) is 5.75 Å². The normalized spacial score (nSPS) is 14.5. The Morgan fingerprint density at radius 2 is 1.42 bits per heavy atom. The summed E-state index contributed by atoms with van der Waals surface area (Å²) in [5.41, 5.74) is 1.19. The number of carbonyl (C=O) groups is 2. The lowest BCUT2D eigenvalue weighted by molar-refractivity contribution is 0.0698. The molecule has 1 amide bonds. The van der Waals surface area contributed by atoms with Crippen molar-refractivity contribution < 1.29 is 44.6 Å². The summed E-state index contributed by atoms with van der Waals surface area (Å²) in [7, 11) is -7.46. The molecule has 0 unspecified atom stereocenters. The molecule has 1 heterocycles. The second-order valence-electron chi connectivity index (χ2n) is 10.4. The number of hydrogen-bond acceptors (Lipinski definition) is 11. The highest BCUT2D eigenvalue weighted by molar-refractivity contribution is 7.86. The Bertz CT molecular complexity index is 1720. The van der Waals surface area contributed by atoms with Crippen molar-refractivity contribution in [1.82, 2.24) is 9.80 Å². The maximum atomic E-state index is 13.5. The Hall–Kier alpha value is -4.02. The van der Waals surface area contributed by atoms with E-state index >= 15 is 0 Å².